The molecule has 0 unspecified atom stereocenters. The topological polar surface area (TPSA) is 49.8 Å². The highest BCUT2D eigenvalue weighted by molar-refractivity contribution is 5.74. The molecule has 0 heterocycles. The average molecular weight is 299 g/mol. The molecule has 1 amide bonds. The van der Waals surface area contributed by atoms with Crippen molar-refractivity contribution in [1.82, 2.24) is 5.06 Å². The second kappa shape index (κ2) is 8.20. The van der Waals surface area contributed by atoms with E-state index in [0.717, 1.165) is 28.5 Å². The summed E-state index contributed by atoms with van der Waals surface area (Å²) in [6.45, 7) is 2.08. The van der Waals surface area contributed by atoms with E-state index in [0.29, 0.717) is 19.4 Å². The number of ether oxygens (including phenoxy) is 1. The molecule has 0 fully saturated rings. The van der Waals surface area contributed by atoms with E-state index in [1.54, 1.807) is 6.92 Å². The molecule has 0 aliphatic rings. The van der Waals surface area contributed by atoms with Gasteiger partial charge < -0.3 is 4.74 Å². The molecule has 2 aromatic carbocycles. The van der Waals surface area contributed by atoms with Crippen LogP contribution in [-0.4, -0.2) is 22.7 Å². The summed E-state index contributed by atoms with van der Waals surface area (Å²) in [5.74, 6) is 1.34. The minimum absolute atomic E-state index is 0.249. The fourth-order valence-electron chi connectivity index (χ4n) is 2.13. The van der Waals surface area contributed by atoms with Crippen molar-refractivity contribution in [3.8, 4) is 11.5 Å². The first kappa shape index (κ1) is 16.0. The highest BCUT2D eigenvalue weighted by Crippen LogP contribution is 2.22. The zero-order valence-corrected chi connectivity index (χ0v) is 12.7. The van der Waals surface area contributed by atoms with Crippen molar-refractivity contribution in [3.63, 3.8) is 0 Å². The second-order valence-electron chi connectivity index (χ2n) is 5.04. The lowest BCUT2D eigenvalue weighted by atomic mass is 10.1. The molecule has 0 radical (unpaired) electrons. The van der Waals surface area contributed by atoms with Crippen molar-refractivity contribution in [2.75, 3.05) is 6.54 Å². The van der Waals surface area contributed by atoms with E-state index in [9.17, 15) is 10.0 Å². The van der Waals surface area contributed by atoms with Gasteiger partial charge in [0.05, 0.1) is 0 Å². The van der Waals surface area contributed by atoms with E-state index >= 15 is 0 Å². The van der Waals surface area contributed by atoms with Crippen LogP contribution in [0.3, 0.4) is 0 Å². The zero-order chi connectivity index (χ0) is 15.8. The largest absolute Gasteiger partial charge is 0.457 e. The van der Waals surface area contributed by atoms with E-state index in [2.05, 4.69) is 0 Å². The van der Waals surface area contributed by atoms with Gasteiger partial charge in [-0.3, -0.25) is 10.0 Å². The summed E-state index contributed by atoms with van der Waals surface area (Å²) in [4.78, 5) is 11.3. The van der Waals surface area contributed by atoms with Crippen molar-refractivity contribution in [2.24, 2.45) is 0 Å². The Balaban J connectivity index is 1.88. The predicted octanol–water partition coefficient (Wildman–Crippen LogP) is 4.04. The summed E-state index contributed by atoms with van der Waals surface area (Å²) in [5, 5.41) is 10.3. The highest BCUT2D eigenvalue weighted by Gasteiger charge is 2.07. The Morgan fingerprint density at radius 3 is 2.55 bits per heavy atom. The molecular formula is C18H21NO3. The summed E-state index contributed by atoms with van der Waals surface area (Å²) >= 11 is 0. The van der Waals surface area contributed by atoms with Gasteiger partial charge in [0.15, 0.2) is 0 Å². The molecule has 2 rings (SSSR count). The lowest BCUT2D eigenvalue weighted by Crippen LogP contribution is -2.27. The van der Waals surface area contributed by atoms with E-state index in [-0.39, 0.29) is 5.91 Å². The molecule has 0 aliphatic carbocycles. The Morgan fingerprint density at radius 1 is 1.09 bits per heavy atom. The van der Waals surface area contributed by atoms with Gasteiger partial charge in [-0.2, -0.15) is 0 Å². The number of amides is 1. The fraction of sp³-hybridized carbons (Fsp3) is 0.278. The van der Waals surface area contributed by atoms with Crippen LogP contribution in [0.1, 0.15) is 25.3 Å². The maximum Gasteiger partial charge on any atom is 0.245 e. The van der Waals surface area contributed by atoms with Crippen LogP contribution < -0.4 is 4.74 Å². The van der Waals surface area contributed by atoms with Gasteiger partial charge in [0, 0.05) is 13.0 Å². The number of para-hydroxylation sites is 1. The molecular weight excluding hydrogens is 278 g/mol. The summed E-state index contributed by atoms with van der Waals surface area (Å²) in [6, 6.07) is 17.5. The maximum absolute atomic E-state index is 11.3. The van der Waals surface area contributed by atoms with Crippen LogP contribution in [0.4, 0.5) is 0 Å². The summed E-state index contributed by atoms with van der Waals surface area (Å²) < 4.78 is 5.79. The third kappa shape index (κ3) is 4.90. The van der Waals surface area contributed by atoms with Gasteiger partial charge in [0.2, 0.25) is 5.91 Å². The van der Waals surface area contributed by atoms with Crippen LogP contribution in [0.15, 0.2) is 54.6 Å². The van der Waals surface area contributed by atoms with Gasteiger partial charge >= 0.3 is 0 Å². The number of hydrogen-bond acceptors (Lipinski definition) is 3. The zero-order valence-electron chi connectivity index (χ0n) is 12.7. The first-order valence-corrected chi connectivity index (χ1v) is 7.50. The normalized spacial score (nSPS) is 10.3. The highest BCUT2D eigenvalue weighted by atomic mass is 16.5. The van der Waals surface area contributed by atoms with Crippen LogP contribution in [0.2, 0.25) is 0 Å². The molecule has 22 heavy (non-hydrogen) atoms. The lowest BCUT2D eigenvalue weighted by Gasteiger charge is -2.13. The van der Waals surface area contributed by atoms with E-state index in [1.807, 2.05) is 54.6 Å². The molecule has 1 N–H and O–H groups in total. The third-order valence-corrected chi connectivity index (χ3v) is 3.30. The number of hydrogen-bond donors (Lipinski definition) is 1. The number of aryl methyl sites for hydroxylation is 1. The average Bonchev–Trinajstić information content (AvgIpc) is 2.55. The number of benzene rings is 2. The van der Waals surface area contributed by atoms with Crippen LogP contribution >= 0.6 is 0 Å². The van der Waals surface area contributed by atoms with Crippen LogP contribution in [0.25, 0.3) is 0 Å². The third-order valence-electron chi connectivity index (χ3n) is 3.30. The number of rotatable bonds is 7. The van der Waals surface area contributed by atoms with E-state index < -0.39 is 0 Å². The molecule has 0 atom stereocenters. The van der Waals surface area contributed by atoms with Gasteiger partial charge in [-0.1, -0.05) is 37.3 Å². The predicted molar refractivity (Wildman–Crippen MR) is 85.1 cm³/mol. The number of carbonyl (C=O) groups is 1. The Kier molecular flexibility index (Phi) is 5.98. The molecule has 0 saturated carbocycles. The van der Waals surface area contributed by atoms with Crippen LogP contribution in [0.5, 0.6) is 11.5 Å². The van der Waals surface area contributed by atoms with Crippen LogP contribution in [0, 0.1) is 0 Å². The second-order valence-corrected chi connectivity index (χ2v) is 5.04. The fourth-order valence-corrected chi connectivity index (χ4v) is 2.13. The van der Waals surface area contributed by atoms with Gasteiger partial charge in [-0.25, -0.2) is 5.06 Å². The monoisotopic (exact) mass is 299 g/mol. The summed E-state index contributed by atoms with van der Waals surface area (Å²) in [5.41, 5.74) is 1.12. The molecule has 0 saturated heterocycles. The Hall–Kier alpha value is -2.33. The van der Waals surface area contributed by atoms with Gasteiger partial charge in [0.25, 0.3) is 0 Å². The number of carbonyl (C=O) groups excluding carboxylic acids is 1. The summed E-state index contributed by atoms with van der Waals surface area (Å²) in [7, 11) is 0. The molecule has 0 aliphatic heterocycles. The molecule has 2 aromatic rings. The number of hydroxylamine groups is 2. The summed E-state index contributed by atoms with van der Waals surface area (Å²) in [6.07, 6.45) is 1.80. The standard InChI is InChI=1S/C18H21NO3/c1-2-18(20)19(21)13-7-9-15-8-6-12-17(14-15)22-16-10-4-3-5-11-16/h3-6,8,10-12,14,21H,2,7,9,13H2,1H3. The molecule has 116 valence electrons. The molecule has 0 spiro atoms. The molecule has 4 heteroatoms. The number of nitrogens with zero attached hydrogens (tertiary/aromatic N) is 1. The lowest BCUT2D eigenvalue weighted by molar-refractivity contribution is -0.165. The molecule has 0 bridgehead atoms. The van der Waals surface area contributed by atoms with Gasteiger partial charge in [-0.05, 0) is 42.7 Å². The van der Waals surface area contributed by atoms with E-state index in [4.69, 9.17) is 4.74 Å². The van der Waals surface area contributed by atoms with Gasteiger partial charge in [0.1, 0.15) is 11.5 Å². The van der Waals surface area contributed by atoms with Crippen molar-refractivity contribution >= 4 is 5.91 Å². The van der Waals surface area contributed by atoms with Crippen molar-refractivity contribution in [2.45, 2.75) is 26.2 Å². The van der Waals surface area contributed by atoms with Crippen LogP contribution in [-0.2, 0) is 11.2 Å². The quantitative estimate of drug-likeness (QED) is 0.620. The van der Waals surface area contributed by atoms with Crippen molar-refractivity contribution in [3.05, 3.63) is 60.2 Å². The Labute approximate surface area is 130 Å². The van der Waals surface area contributed by atoms with Crippen molar-refractivity contribution < 1.29 is 14.7 Å². The van der Waals surface area contributed by atoms with Gasteiger partial charge in [-0.15, -0.1) is 0 Å². The smallest absolute Gasteiger partial charge is 0.245 e. The minimum atomic E-state index is -0.249. The minimum Gasteiger partial charge on any atom is -0.457 e. The van der Waals surface area contributed by atoms with E-state index in [1.165, 1.54) is 0 Å². The van der Waals surface area contributed by atoms with Crippen molar-refractivity contribution in [1.29, 1.82) is 0 Å². The molecule has 0 aromatic heterocycles. The first-order valence-electron chi connectivity index (χ1n) is 7.50. The Bertz CT molecular complexity index is 598. The maximum atomic E-state index is 11.3. The SMILES string of the molecule is CCC(=O)N(O)CCCc1cccc(Oc2ccccc2)c1. The molecule has 4 nitrogen and oxygen atoms in total. The first-order chi connectivity index (χ1) is 10.7. The Morgan fingerprint density at radius 2 is 1.82 bits per heavy atom.